The molecule has 0 bridgehead atoms. The first kappa shape index (κ1) is 18.1. The largest absolute Gasteiger partial charge is 0.480 e. The number of rotatable bonds is 5. The van der Waals surface area contributed by atoms with Crippen LogP contribution in [0.4, 0.5) is 0 Å². The minimum Gasteiger partial charge on any atom is -0.480 e. The van der Waals surface area contributed by atoms with Crippen molar-refractivity contribution in [2.75, 3.05) is 0 Å². The third kappa shape index (κ3) is 3.19. The molecule has 8 heteroatoms. The zero-order chi connectivity index (χ0) is 18.2. The van der Waals surface area contributed by atoms with E-state index in [1.807, 2.05) is 0 Å². The molecule has 7 nitrogen and oxygen atoms in total. The van der Waals surface area contributed by atoms with Crippen molar-refractivity contribution in [2.45, 2.75) is 32.9 Å². The van der Waals surface area contributed by atoms with Crippen LogP contribution < -0.4 is 5.32 Å². The molecule has 2 atom stereocenters. The van der Waals surface area contributed by atoms with Crippen LogP contribution in [0, 0.1) is 5.92 Å². The van der Waals surface area contributed by atoms with Gasteiger partial charge in [-0.25, -0.2) is 4.79 Å². The zero-order valence-corrected chi connectivity index (χ0v) is 15.0. The predicted octanol–water partition coefficient (Wildman–Crippen LogP) is 1.66. The molecule has 0 radical (unpaired) electrons. The van der Waals surface area contributed by atoms with Crippen LogP contribution in [0.2, 0.25) is 0 Å². The van der Waals surface area contributed by atoms with Crippen LogP contribution >= 0.6 is 15.9 Å². The van der Waals surface area contributed by atoms with Gasteiger partial charge in [-0.1, -0.05) is 29.8 Å². The lowest BCUT2D eigenvalue weighted by Gasteiger charge is -2.25. The van der Waals surface area contributed by atoms with Gasteiger partial charge in [0.1, 0.15) is 12.1 Å². The summed E-state index contributed by atoms with van der Waals surface area (Å²) >= 11 is 3.24. The topological polar surface area (TPSA) is 104 Å². The van der Waals surface area contributed by atoms with Crippen LogP contribution in [0.1, 0.15) is 41.5 Å². The number of benzene rings is 1. The second-order valence-corrected chi connectivity index (χ2v) is 6.83. The molecule has 2 N–H and O–H groups in total. The van der Waals surface area contributed by atoms with Crippen molar-refractivity contribution in [3.8, 4) is 0 Å². The van der Waals surface area contributed by atoms with Gasteiger partial charge in [0, 0.05) is 4.47 Å². The number of carbonyl (C=O) groups excluding carboxylic acids is 3. The van der Waals surface area contributed by atoms with Crippen molar-refractivity contribution in [1.82, 2.24) is 10.2 Å². The van der Waals surface area contributed by atoms with E-state index in [0.29, 0.717) is 4.47 Å². The number of aliphatic carboxylic acids is 1. The average molecular weight is 397 g/mol. The molecule has 3 amide bonds. The molecule has 0 saturated heterocycles. The van der Waals surface area contributed by atoms with Crippen LogP contribution in [0.15, 0.2) is 22.7 Å². The molecular weight excluding hydrogens is 380 g/mol. The number of nitrogens with one attached hydrogen (secondary N) is 1. The minimum atomic E-state index is -1.17. The third-order valence-corrected chi connectivity index (χ3v) is 4.37. The van der Waals surface area contributed by atoms with Gasteiger partial charge in [0.2, 0.25) is 5.91 Å². The van der Waals surface area contributed by atoms with Gasteiger partial charge in [-0.15, -0.1) is 0 Å². The fraction of sp³-hybridized carbons (Fsp3) is 0.375. The molecule has 0 fully saturated rings. The van der Waals surface area contributed by atoms with E-state index in [1.165, 1.54) is 19.1 Å². The third-order valence-electron chi connectivity index (χ3n) is 3.88. The van der Waals surface area contributed by atoms with Crippen LogP contribution in [0.5, 0.6) is 0 Å². The van der Waals surface area contributed by atoms with E-state index in [4.69, 9.17) is 5.11 Å². The summed E-state index contributed by atoms with van der Waals surface area (Å²) in [6, 6.07) is 2.46. The zero-order valence-electron chi connectivity index (χ0n) is 13.4. The molecule has 1 aromatic rings. The Morgan fingerprint density at radius 1 is 1.12 bits per heavy atom. The van der Waals surface area contributed by atoms with Gasteiger partial charge in [0.15, 0.2) is 0 Å². The Morgan fingerprint density at radius 3 is 2.25 bits per heavy atom. The van der Waals surface area contributed by atoms with Gasteiger partial charge in [-0.2, -0.15) is 0 Å². The first-order valence-corrected chi connectivity index (χ1v) is 8.15. The van der Waals surface area contributed by atoms with E-state index in [2.05, 4.69) is 21.2 Å². The summed E-state index contributed by atoms with van der Waals surface area (Å²) in [6.45, 7) is 4.71. The molecule has 0 aliphatic carbocycles. The maximum absolute atomic E-state index is 12.4. The van der Waals surface area contributed by atoms with E-state index in [9.17, 15) is 19.2 Å². The van der Waals surface area contributed by atoms with Crippen molar-refractivity contribution in [3.63, 3.8) is 0 Å². The van der Waals surface area contributed by atoms with Gasteiger partial charge >= 0.3 is 5.97 Å². The summed E-state index contributed by atoms with van der Waals surface area (Å²) in [6.07, 6.45) is 0. The first-order chi connectivity index (χ1) is 11.1. The Balaban J connectivity index is 2.23. The summed E-state index contributed by atoms with van der Waals surface area (Å²) < 4.78 is 0.645. The second kappa shape index (κ2) is 6.72. The van der Waals surface area contributed by atoms with Gasteiger partial charge in [0.05, 0.1) is 11.1 Å². The molecule has 0 aromatic heterocycles. The summed E-state index contributed by atoms with van der Waals surface area (Å²) in [5.74, 6) is -3.34. The van der Waals surface area contributed by atoms with Gasteiger partial charge in [-0.3, -0.25) is 19.3 Å². The highest BCUT2D eigenvalue weighted by Crippen LogP contribution is 2.27. The number of hydrogen-bond acceptors (Lipinski definition) is 4. The van der Waals surface area contributed by atoms with Crippen molar-refractivity contribution in [3.05, 3.63) is 33.8 Å². The number of amides is 3. The average Bonchev–Trinajstić information content (AvgIpc) is 2.74. The van der Waals surface area contributed by atoms with Gasteiger partial charge < -0.3 is 10.4 Å². The van der Waals surface area contributed by atoms with Gasteiger partial charge in [-0.05, 0) is 31.0 Å². The summed E-state index contributed by atoms with van der Waals surface area (Å²) in [7, 11) is 0. The smallest absolute Gasteiger partial charge is 0.326 e. The summed E-state index contributed by atoms with van der Waals surface area (Å²) in [5.41, 5.74) is 0.439. The number of hydrogen-bond donors (Lipinski definition) is 2. The number of fused-ring (bicyclic) bond motifs is 1. The second-order valence-electron chi connectivity index (χ2n) is 5.91. The van der Waals surface area contributed by atoms with Crippen molar-refractivity contribution < 1.29 is 24.3 Å². The van der Waals surface area contributed by atoms with Crippen LogP contribution in [-0.4, -0.2) is 45.8 Å². The highest BCUT2D eigenvalue weighted by Gasteiger charge is 2.41. The number of carboxylic acid groups (broad SMARTS) is 1. The van der Waals surface area contributed by atoms with Crippen molar-refractivity contribution in [2.24, 2.45) is 5.92 Å². The molecule has 1 aromatic carbocycles. The van der Waals surface area contributed by atoms with Crippen LogP contribution in [-0.2, 0) is 9.59 Å². The highest BCUT2D eigenvalue weighted by atomic mass is 79.9. The molecular formula is C16H17BrN2O5. The fourth-order valence-corrected chi connectivity index (χ4v) is 2.85. The Hall–Kier alpha value is -2.22. The molecule has 1 unspecified atom stereocenters. The lowest BCUT2D eigenvalue weighted by molar-refractivity contribution is -0.143. The fourth-order valence-electron chi connectivity index (χ4n) is 2.49. The molecule has 1 aliphatic heterocycles. The maximum atomic E-state index is 12.4. The Kier molecular flexibility index (Phi) is 5.08. The number of carboxylic acids is 1. The molecule has 1 heterocycles. The maximum Gasteiger partial charge on any atom is 0.326 e. The Morgan fingerprint density at radius 2 is 1.71 bits per heavy atom. The number of imide groups is 1. The molecule has 128 valence electrons. The van der Waals surface area contributed by atoms with E-state index >= 15 is 0 Å². The molecule has 0 saturated carbocycles. The van der Waals surface area contributed by atoms with Crippen molar-refractivity contribution in [1.29, 1.82) is 0 Å². The summed E-state index contributed by atoms with van der Waals surface area (Å²) in [5, 5.41) is 11.5. The first-order valence-electron chi connectivity index (χ1n) is 7.35. The lowest BCUT2D eigenvalue weighted by atomic mass is 10.0. The van der Waals surface area contributed by atoms with E-state index in [0.717, 1.165) is 4.90 Å². The van der Waals surface area contributed by atoms with E-state index in [-0.39, 0.29) is 17.0 Å². The van der Waals surface area contributed by atoms with Crippen molar-refractivity contribution >= 4 is 39.6 Å². The molecule has 0 spiro atoms. The summed E-state index contributed by atoms with van der Waals surface area (Å²) in [4.78, 5) is 49.2. The predicted molar refractivity (Wildman–Crippen MR) is 88.5 cm³/mol. The molecule has 2 rings (SSSR count). The Labute approximate surface area is 147 Å². The standard InChI is InChI=1S/C16H17BrN2O5/c1-7(2)12(16(23)24)18-13(20)8(3)19-14(21)10-5-4-9(17)6-11(10)15(19)22/h4-8,12H,1-3H3,(H,18,20)(H,23,24)/t8?,12-/m0/s1. The monoisotopic (exact) mass is 396 g/mol. The quantitative estimate of drug-likeness (QED) is 0.736. The number of carbonyl (C=O) groups is 4. The highest BCUT2D eigenvalue weighted by molar-refractivity contribution is 9.10. The molecule has 1 aliphatic rings. The SMILES string of the molecule is CC(C)[C@H](NC(=O)C(C)N1C(=O)c2ccc(Br)cc2C1=O)C(=O)O. The van der Waals surface area contributed by atoms with Crippen LogP contribution in [0.25, 0.3) is 0 Å². The lowest BCUT2D eigenvalue weighted by Crippen LogP contribution is -2.53. The number of nitrogens with zero attached hydrogens (tertiary/aromatic N) is 1. The molecule has 24 heavy (non-hydrogen) atoms. The Bertz CT molecular complexity index is 731. The normalized spacial score (nSPS) is 16.1. The number of halogens is 1. The minimum absolute atomic E-state index is 0.215. The van der Waals surface area contributed by atoms with Crippen LogP contribution in [0.3, 0.4) is 0 Å². The van der Waals surface area contributed by atoms with E-state index < -0.39 is 35.8 Å². The van der Waals surface area contributed by atoms with Gasteiger partial charge in [0.25, 0.3) is 11.8 Å². The van der Waals surface area contributed by atoms with E-state index in [1.54, 1.807) is 19.9 Å².